The zero-order valence-electron chi connectivity index (χ0n) is 12.2. The van der Waals surface area contributed by atoms with Crippen LogP contribution >= 0.6 is 0 Å². The first-order valence-corrected chi connectivity index (χ1v) is 7.37. The monoisotopic (exact) mass is 288 g/mol. The molecule has 5 nitrogen and oxygen atoms in total. The molecule has 0 unspecified atom stereocenters. The van der Waals surface area contributed by atoms with Crippen molar-refractivity contribution >= 4 is 0 Å². The van der Waals surface area contributed by atoms with Gasteiger partial charge < -0.3 is 19.3 Å². The van der Waals surface area contributed by atoms with Crippen LogP contribution in [-0.4, -0.2) is 17.8 Å². The van der Waals surface area contributed by atoms with Gasteiger partial charge in [-0.3, -0.25) is 0 Å². The number of nitrogens with zero attached hydrogens (tertiary/aromatic N) is 1. The van der Waals surface area contributed by atoms with Gasteiger partial charge in [-0.2, -0.15) is 0 Å². The summed E-state index contributed by atoms with van der Waals surface area (Å²) in [5.74, 6) is 2.25. The van der Waals surface area contributed by atoms with Gasteiger partial charge in [-0.15, -0.1) is 0 Å². The lowest BCUT2D eigenvalue weighted by Crippen LogP contribution is -2.16. The Bertz CT molecular complexity index is 565. The van der Waals surface area contributed by atoms with Crippen molar-refractivity contribution in [2.45, 2.75) is 39.0 Å². The number of hydrogen-bond donors (Lipinski definition) is 1. The number of nitrogens with one attached hydrogen (secondary N) is 1. The summed E-state index contributed by atoms with van der Waals surface area (Å²) in [6, 6.07) is 8.44. The van der Waals surface area contributed by atoms with Crippen molar-refractivity contribution in [1.82, 2.24) is 10.5 Å². The van der Waals surface area contributed by atoms with Crippen LogP contribution in [0.25, 0.3) is 0 Å². The first-order chi connectivity index (χ1) is 10.4. The minimum Gasteiger partial charge on any atom is -0.490 e. The Balaban J connectivity index is 1.74. The van der Waals surface area contributed by atoms with Crippen LogP contribution in [0.3, 0.4) is 0 Å². The van der Waals surface area contributed by atoms with Crippen LogP contribution in [0, 0.1) is 0 Å². The molecule has 1 saturated carbocycles. The number of hydrogen-bond acceptors (Lipinski definition) is 5. The van der Waals surface area contributed by atoms with E-state index >= 15 is 0 Å². The molecule has 0 amide bonds. The van der Waals surface area contributed by atoms with Gasteiger partial charge in [-0.25, -0.2) is 0 Å². The van der Waals surface area contributed by atoms with E-state index in [1.165, 1.54) is 12.8 Å². The standard InChI is InChI=1S/C16H20N2O3/c1-2-19-15-5-3-4-12(10-17-13-6-7-13)16(15)20-11-14-8-9-18-21-14/h3-5,8-9,13,17H,2,6-7,10-11H2,1H3. The van der Waals surface area contributed by atoms with Gasteiger partial charge >= 0.3 is 0 Å². The van der Waals surface area contributed by atoms with Gasteiger partial charge in [0.05, 0.1) is 12.8 Å². The molecule has 0 atom stereocenters. The summed E-state index contributed by atoms with van der Waals surface area (Å²) in [6.07, 6.45) is 4.14. The highest BCUT2D eigenvalue weighted by Crippen LogP contribution is 2.33. The van der Waals surface area contributed by atoms with E-state index < -0.39 is 0 Å². The fraction of sp³-hybridized carbons (Fsp3) is 0.438. The Morgan fingerprint density at radius 3 is 2.90 bits per heavy atom. The average Bonchev–Trinajstić information content (AvgIpc) is 3.18. The van der Waals surface area contributed by atoms with E-state index in [-0.39, 0.29) is 0 Å². The van der Waals surface area contributed by atoms with E-state index in [1.54, 1.807) is 12.3 Å². The van der Waals surface area contributed by atoms with Crippen LogP contribution in [0.1, 0.15) is 31.1 Å². The number of ether oxygens (including phenoxy) is 2. The summed E-state index contributed by atoms with van der Waals surface area (Å²) < 4.78 is 16.7. The highest BCUT2D eigenvalue weighted by molar-refractivity contribution is 5.46. The quantitative estimate of drug-likeness (QED) is 0.809. The Morgan fingerprint density at radius 1 is 1.29 bits per heavy atom. The molecule has 3 rings (SSSR count). The van der Waals surface area contributed by atoms with Gasteiger partial charge in [-0.1, -0.05) is 17.3 Å². The Kier molecular flexibility index (Phi) is 4.40. The summed E-state index contributed by atoms with van der Waals surface area (Å²) in [7, 11) is 0. The first-order valence-electron chi connectivity index (χ1n) is 7.37. The van der Waals surface area contributed by atoms with E-state index in [9.17, 15) is 0 Å². The molecule has 1 aliphatic carbocycles. The number of aromatic nitrogens is 1. The molecule has 21 heavy (non-hydrogen) atoms. The second-order valence-corrected chi connectivity index (χ2v) is 5.10. The maximum atomic E-state index is 5.92. The summed E-state index contributed by atoms with van der Waals surface area (Å²) in [6.45, 7) is 3.71. The van der Waals surface area contributed by atoms with Crippen LogP contribution in [0.5, 0.6) is 11.5 Å². The predicted molar refractivity (Wildman–Crippen MR) is 78.3 cm³/mol. The van der Waals surface area contributed by atoms with Gasteiger partial charge in [0, 0.05) is 24.2 Å². The normalized spacial score (nSPS) is 14.1. The van der Waals surface area contributed by atoms with Gasteiger partial charge in [0.25, 0.3) is 0 Å². The van der Waals surface area contributed by atoms with Crippen LogP contribution in [0.15, 0.2) is 35.0 Å². The summed E-state index contributed by atoms with van der Waals surface area (Å²) in [4.78, 5) is 0. The largest absolute Gasteiger partial charge is 0.490 e. The SMILES string of the molecule is CCOc1cccc(CNC2CC2)c1OCc1ccno1. The van der Waals surface area contributed by atoms with Crippen molar-refractivity contribution in [3.63, 3.8) is 0 Å². The Morgan fingerprint density at radius 2 is 2.19 bits per heavy atom. The highest BCUT2D eigenvalue weighted by atomic mass is 16.5. The fourth-order valence-corrected chi connectivity index (χ4v) is 2.14. The second kappa shape index (κ2) is 6.63. The van der Waals surface area contributed by atoms with Crippen LogP contribution in [0.2, 0.25) is 0 Å². The van der Waals surface area contributed by atoms with Crippen LogP contribution in [0.4, 0.5) is 0 Å². The molecule has 5 heteroatoms. The van der Waals surface area contributed by atoms with Crippen molar-refractivity contribution in [2.75, 3.05) is 6.61 Å². The van der Waals surface area contributed by atoms with Gasteiger partial charge in [-0.05, 0) is 25.8 Å². The molecule has 1 aromatic heterocycles. The number of rotatable bonds is 8. The molecule has 2 aromatic rings. The zero-order valence-corrected chi connectivity index (χ0v) is 12.2. The maximum absolute atomic E-state index is 5.92. The lowest BCUT2D eigenvalue weighted by atomic mass is 10.2. The lowest BCUT2D eigenvalue weighted by Gasteiger charge is -2.15. The predicted octanol–water partition coefficient (Wildman–Crippen LogP) is 2.90. The maximum Gasteiger partial charge on any atom is 0.174 e. The van der Waals surface area contributed by atoms with Crippen LogP contribution in [-0.2, 0) is 13.2 Å². The number of benzene rings is 1. The van der Waals surface area contributed by atoms with E-state index in [1.807, 2.05) is 19.1 Å². The molecule has 1 aromatic carbocycles. The molecule has 0 aliphatic heterocycles. The summed E-state index contributed by atoms with van der Waals surface area (Å²) in [5, 5.41) is 7.19. The van der Waals surface area contributed by atoms with E-state index in [0.717, 1.165) is 23.6 Å². The molecule has 1 fully saturated rings. The lowest BCUT2D eigenvalue weighted by molar-refractivity contribution is 0.231. The van der Waals surface area contributed by atoms with Crippen LogP contribution < -0.4 is 14.8 Å². The minimum absolute atomic E-state index is 0.348. The molecule has 0 saturated heterocycles. The fourth-order valence-electron chi connectivity index (χ4n) is 2.14. The third kappa shape index (κ3) is 3.76. The smallest absolute Gasteiger partial charge is 0.174 e. The highest BCUT2D eigenvalue weighted by Gasteiger charge is 2.21. The molecule has 0 spiro atoms. The summed E-state index contributed by atoms with van der Waals surface area (Å²) >= 11 is 0. The van der Waals surface area contributed by atoms with Gasteiger partial charge in [0.15, 0.2) is 17.3 Å². The average molecular weight is 288 g/mol. The van der Waals surface area contributed by atoms with Crippen molar-refractivity contribution in [3.05, 3.63) is 41.8 Å². The number of para-hydroxylation sites is 1. The van der Waals surface area contributed by atoms with Gasteiger partial charge in [0.2, 0.25) is 0 Å². The minimum atomic E-state index is 0.348. The molecule has 1 aliphatic rings. The Labute approximate surface area is 124 Å². The molecule has 0 radical (unpaired) electrons. The topological polar surface area (TPSA) is 56.5 Å². The second-order valence-electron chi connectivity index (χ2n) is 5.10. The zero-order chi connectivity index (χ0) is 14.5. The van der Waals surface area contributed by atoms with Crippen molar-refractivity contribution in [1.29, 1.82) is 0 Å². The third-order valence-corrected chi connectivity index (χ3v) is 3.37. The Hall–Kier alpha value is -2.01. The van der Waals surface area contributed by atoms with Crippen molar-refractivity contribution in [3.8, 4) is 11.5 Å². The summed E-state index contributed by atoms with van der Waals surface area (Å²) in [5.41, 5.74) is 1.10. The molecule has 1 N–H and O–H groups in total. The molecule has 1 heterocycles. The van der Waals surface area contributed by atoms with E-state index in [4.69, 9.17) is 14.0 Å². The van der Waals surface area contributed by atoms with Gasteiger partial charge in [0.1, 0.15) is 6.61 Å². The third-order valence-electron chi connectivity index (χ3n) is 3.37. The van der Waals surface area contributed by atoms with E-state index in [0.29, 0.717) is 25.0 Å². The van der Waals surface area contributed by atoms with Crippen molar-refractivity contribution in [2.24, 2.45) is 0 Å². The van der Waals surface area contributed by atoms with E-state index in [2.05, 4.69) is 16.5 Å². The molecular formula is C16H20N2O3. The molecule has 0 bridgehead atoms. The van der Waals surface area contributed by atoms with Crippen molar-refractivity contribution < 1.29 is 14.0 Å². The molecule has 112 valence electrons. The first kappa shape index (κ1) is 13.9. The molecular weight excluding hydrogens is 268 g/mol.